The van der Waals surface area contributed by atoms with E-state index in [9.17, 15) is 8.78 Å². The zero-order valence-electron chi connectivity index (χ0n) is 8.32. The first kappa shape index (κ1) is 10.7. The van der Waals surface area contributed by atoms with Crippen molar-refractivity contribution in [2.45, 2.75) is 6.61 Å². The summed E-state index contributed by atoms with van der Waals surface area (Å²) in [5, 5.41) is 8.81. The minimum atomic E-state index is -0.510. The van der Waals surface area contributed by atoms with Gasteiger partial charge in [-0.15, -0.1) is 0 Å². The van der Waals surface area contributed by atoms with Gasteiger partial charge in [-0.25, -0.2) is 8.78 Å². The molecule has 0 spiro atoms. The molecule has 0 fully saturated rings. The quantitative estimate of drug-likeness (QED) is 0.845. The van der Waals surface area contributed by atoms with Gasteiger partial charge in [0.05, 0.1) is 12.8 Å². The lowest BCUT2D eigenvalue weighted by molar-refractivity contribution is 0.276. The Morgan fingerprint density at radius 1 is 1.06 bits per heavy atom. The highest BCUT2D eigenvalue weighted by atomic mass is 19.1. The third-order valence-corrected chi connectivity index (χ3v) is 2.26. The number of rotatable bonds is 2. The molecule has 2 rings (SSSR count). The molecule has 0 unspecified atom stereocenters. The van der Waals surface area contributed by atoms with Gasteiger partial charge in [-0.3, -0.25) is 4.98 Å². The second-order valence-electron chi connectivity index (χ2n) is 3.36. The van der Waals surface area contributed by atoms with Crippen molar-refractivity contribution in [1.29, 1.82) is 0 Å². The van der Waals surface area contributed by atoms with E-state index >= 15 is 0 Å². The van der Waals surface area contributed by atoms with Crippen molar-refractivity contribution in [1.82, 2.24) is 4.98 Å². The van der Waals surface area contributed by atoms with Gasteiger partial charge in [0, 0.05) is 17.3 Å². The third-order valence-electron chi connectivity index (χ3n) is 2.26. The number of hydrogen-bond donors (Lipinski definition) is 1. The van der Waals surface area contributed by atoms with Crippen LogP contribution in [0.5, 0.6) is 0 Å². The number of aliphatic hydroxyl groups excluding tert-OH is 1. The van der Waals surface area contributed by atoms with Crippen LogP contribution in [0.15, 0.2) is 36.7 Å². The molecule has 4 heteroatoms. The van der Waals surface area contributed by atoms with E-state index in [1.165, 1.54) is 24.4 Å². The van der Waals surface area contributed by atoms with Crippen LogP contribution in [0.3, 0.4) is 0 Å². The molecule has 2 aromatic rings. The van der Waals surface area contributed by atoms with Gasteiger partial charge in [0.1, 0.15) is 11.6 Å². The Bertz CT molecular complexity index is 514. The first-order valence-corrected chi connectivity index (χ1v) is 4.71. The number of nitrogens with zero attached hydrogens (tertiary/aromatic N) is 1. The highest BCUT2D eigenvalue weighted by Gasteiger charge is 2.05. The Morgan fingerprint density at radius 3 is 2.50 bits per heavy atom. The summed E-state index contributed by atoms with van der Waals surface area (Å²) in [6.45, 7) is -0.354. The minimum absolute atomic E-state index is 0.216. The van der Waals surface area contributed by atoms with Crippen LogP contribution in [0.1, 0.15) is 5.56 Å². The number of aromatic nitrogens is 1. The predicted molar refractivity (Wildman–Crippen MR) is 55.5 cm³/mol. The Morgan fingerprint density at radius 2 is 1.88 bits per heavy atom. The summed E-state index contributed by atoms with van der Waals surface area (Å²) >= 11 is 0. The van der Waals surface area contributed by atoms with Gasteiger partial charge in [0.2, 0.25) is 0 Å². The maximum Gasteiger partial charge on any atom is 0.142 e. The molecule has 0 saturated carbocycles. The van der Waals surface area contributed by atoms with Gasteiger partial charge in [0.25, 0.3) is 0 Å². The maximum absolute atomic E-state index is 13.4. The van der Waals surface area contributed by atoms with E-state index in [1.807, 2.05) is 0 Å². The highest BCUT2D eigenvalue weighted by molar-refractivity contribution is 5.62. The molecule has 0 atom stereocenters. The molecule has 1 heterocycles. The standard InChI is InChI=1S/C12H9F2NO/c13-11-3-10(5-15-6-11)8-1-2-9(7-16)12(14)4-8/h1-6,16H,7H2. The molecule has 0 bridgehead atoms. The van der Waals surface area contributed by atoms with E-state index in [-0.39, 0.29) is 12.2 Å². The molecule has 0 radical (unpaired) electrons. The Balaban J connectivity index is 2.45. The van der Waals surface area contributed by atoms with Crippen molar-refractivity contribution >= 4 is 0 Å². The molecular weight excluding hydrogens is 212 g/mol. The number of aliphatic hydroxyl groups is 1. The zero-order chi connectivity index (χ0) is 11.5. The summed E-state index contributed by atoms with van der Waals surface area (Å²) in [6, 6.07) is 5.61. The van der Waals surface area contributed by atoms with Crippen LogP contribution in [0.4, 0.5) is 8.78 Å². The van der Waals surface area contributed by atoms with Crippen LogP contribution in [-0.4, -0.2) is 10.1 Å². The fraction of sp³-hybridized carbons (Fsp3) is 0.0833. The molecule has 2 nitrogen and oxygen atoms in total. The van der Waals surface area contributed by atoms with Crippen molar-refractivity contribution in [3.63, 3.8) is 0 Å². The minimum Gasteiger partial charge on any atom is -0.392 e. The average molecular weight is 221 g/mol. The molecular formula is C12H9F2NO. The van der Waals surface area contributed by atoms with E-state index in [0.29, 0.717) is 11.1 Å². The summed E-state index contributed by atoms with van der Waals surface area (Å²) < 4.78 is 26.3. The third kappa shape index (κ3) is 2.06. The predicted octanol–water partition coefficient (Wildman–Crippen LogP) is 2.52. The molecule has 0 saturated heterocycles. The monoisotopic (exact) mass is 221 g/mol. The average Bonchev–Trinajstić information content (AvgIpc) is 2.29. The summed E-state index contributed by atoms with van der Waals surface area (Å²) in [7, 11) is 0. The number of benzene rings is 1. The SMILES string of the molecule is OCc1ccc(-c2cncc(F)c2)cc1F. The lowest BCUT2D eigenvalue weighted by atomic mass is 10.1. The molecule has 1 N–H and O–H groups in total. The van der Waals surface area contributed by atoms with E-state index in [4.69, 9.17) is 5.11 Å². The van der Waals surface area contributed by atoms with Crippen molar-refractivity contribution in [3.8, 4) is 11.1 Å². The van der Waals surface area contributed by atoms with Gasteiger partial charge in [-0.1, -0.05) is 12.1 Å². The van der Waals surface area contributed by atoms with Crippen LogP contribution in [0, 0.1) is 11.6 Å². The molecule has 0 aliphatic carbocycles. The van der Waals surface area contributed by atoms with E-state index in [2.05, 4.69) is 4.98 Å². The Kier molecular flexibility index (Phi) is 2.92. The molecule has 16 heavy (non-hydrogen) atoms. The maximum atomic E-state index is 13.4. The molecule has 0 aliphatic rings. The highest BCUT2D eigenvalue weighted by Crippen LogP contribution is 2.21. The van der Waals surface area contributed by atoms with Gasteiger partial charge in [-0.2, -0.15) is 0 Å². The topological polar surface area (TPSA) is 33.1 Å². The lowest BCUT2D eigenvalue weighted by Crippen LogP contribution is -1.91. The van der Waals surface area contributed by atoms with Crippen LogP contribution in [0.2, 0.25) is 0 Å². The van der Waals surface area contributed by atoms with Crippen LogP contribution in [-0.2, 0) is 6.61 Å². The molecule has 0 amide bonds. The van der Waals surface area contributed by atoms with E-state index in [0.717, 1.165) is 6.20 Å². The number of hydrogen-bond acceptors (Lipinski definition) is 2. The lowest BCUT2D eigenvalue weighted by Gasteiger charge is -2.04. The molecule has 1 aromatic heterocycles. The molecule has 1 aromatic carbocycles. The summed E-state index contributed by atoms with van der Waals surface area (Å²) in [5.74, 6) is -0.978. The van der Waals surface area contributed by atoms with Crippen LogP contribution >= 0.6 is 0 Å². The second kappa shape index (κ2) is 4.37. The van der Waals surface area contributed by atoms with Gasteiger partial charge < -0.3 is 5.11 Å². The normalized spacial score (nSPS) is 10.4. The summed E-state index contributed by atoms with van der Waals surface area (Å²) in [5.41, 5.74) is 1.25. The Hall–Kier alpha value is -1.81. The summed E-state index contributed by atoms with van der Waals surface area (Å²) in [6.07, 6.45) is 2.54. The van der Waals surface area contributed by atoms with Crippen LogP contribution in [0.25, 0.3) is 11.1 Å². The fourth-order valence-corrected chi connectivity index (χ4v) is 1.42. The first-order chi connectivity index (χ1) is 7.70. The smallest absolute Gasteiger partial charge is 0.142 e. The zero-order valence-corrected chi connectivity index (χ0v) is 8.32. The largest absolute Gasteiger partial charge is 0.392 e. The van der Waals surface area contributed by atoms with Gasteiger partial charge in [0.15, 0.2) is 0 Å². The molecule has 82 valence electrons. The van der Waals surface area contributed by atoms with E-state index < -0.39 is 11.6 Å². The van der Waals surface area contributed by atoms with Gasteiger partial charge >= 0.3 is 0 Å². The van der Waals surface area contributed by atoms with Crippen molar-refractivity contribution in [2.75, 3.05) is 0 Å². The van der Waals surface area contributed by atoms with E-state index in [1.54, 1.807) is 6.07 Å². The number of halogens is 2. The van der Waals surface area contributed by atoms with Crippen molar-refractivity contribution in [2.24, 2.45) is 0 Å². The fourth-order valence-electron chi connectivity index (χ4n) is 1.42. The van der Waals surface area contributed by atoms with Crippen LogP contribution < -0.4 is 0 Å². The van der Waals surface area contributed by atoms with Crippen molar-refractivity contribution < 1.29 is 13.9 Å². The summed E-state index contributed by atoms with van der Waals surface area (Å²) in [4.78, 5) is 3.69. The van der Waals surface area contributed by atoms with Gasteiger partial charge in [-0.05, 0) is 17.7 Å². The Labute approximate surface area is 91.2 Å². The first-order valence-electron chi connectivity index (χ1n) is 4.71. The molecule has 0 aliphatic heterocycles. The number of pyridine rings is 1. The van der Waals surface area contributed by atoms with Crippen molar-refractivity contribution in [3.05, 3.63) is 53.9 Å². The second-order valence-corrected chi connectivity index (χ2v) is 3.36.